The van der Waals surface area contributed by atoms with Crippen LogP contribution in [0, 0.1) is 5.92 Å². The molecule has 0 saturated carbocycles. The minimum atomic E-state index is 0.211. The van der Waals surface area contributed by atoms with Gasteiger partial charge in [0.1, 0.15) is 6.10 Å². The predicted molar refractivity (Wildman–Crippen MR) is 57.5 cm³/mol. The summed E-state index contributed by atoms with van der Waals surface area (Å²) in [4.78, 5) is 4.34. The van der Waals surface area contributed by atoms with Gasteiger partial charge in [-0.3, -0.25) is 0 Å². The van der Waals surface area contributed by atoms with E-state index in [2.05, 4.69) is 15.7 Å². The molecular weight excluding hydrogens is 196 g/mol. The van der Waals surface area contributed by atoms with Gasteiger partial charge in [-0.2, -0.15) is 0 Å². The topological polar surface area (TPSA) is 34.1 Å². The molecule has 2 unspecified atom stereocenters. The van der Waals surface area contributed by atoms with E-state index >= 15 is 0 Å². The number of nitrogens with one attached hydrogen (secondary N) is 1. The van der Waals surface area contributed by atoms with Crippen LogP contribution in [0.15, 0.2) is 10.9 Å². The first-order valence-electron chi connectivity index (χ1n) is 5.06. The van der Waals surface area contributed by atoms with Gasteiger partial charge in [0.2, 0.25) is 0 Å². The van der Waals surface area contributed by atoms with Gasteiger partial charge in [0.15, 0.2) is 0 Å². The maximum absolute atomic E-state index is 5.79. The quantitative estimate of drug-likeness (QED) is 0.830. The van der Waals surface area contributed by atoms with Crippen LogP contribution in [-0.2, 0) is 4.74 Å². The molecule has 0 aromatic carbocycles. The Bertz CT molecular complexity index is 261. The highest BCUT2D eigenvalue weighted by molar-refractivity contribution is 7.07. The number of rotatable bonds is 3. The van der Waals surface area contributed by atoms with Gasteiger partial charge in [0.25, 0.3) is 0 Å². The first kappa shape index (κ1) is 10.1. The predicted octanol–water partition coefficient (Wildman–Crippen LogP) is 1.83. The lowest BCUT2D eigenvalue weighted by Crippen LogP contribution is -2.30. The maximum Gasteiger partial charge on any atom is 0.104 e. The molecule has 0 spiro atoms. The fraction of sp³-hybridized carbons (Fsp3) is 0.700. The third-order valence-corrected chi connectivity index (χ3v) is 3.26. The molecule has 2 atom stereocenters. The van der Waals surface area contributed by atoms with Crippen LogP contribution >= 0.6 is 11.3 Å². The number of aromatic nitrogens is 1. The molecule has 2 heterocycles. The largest absolute Gasteiger partial charge is 0.372 e. The second-order valence-electron chi connectivity index (χ2n) is 3.66. The van der Waals surface area contributed by atoms with E-state index in [1.165, 1.54) is 12.8 Å². The van der Waals surface area contributed by atoms with Crippen molar-refractivity contribution < 1.29 is 4.74 Å². The number of hydrogen-bond acceptors (Lipinski definition) is 4. The Kier molecular flexibility index (Phi) is 3.50. The fourth-order valence-corrected chi connectivity index (χ4v) is 2.58. The molecule has 1 N–H and O–H groups in total. The van der Waals surface area contributed by atoms with E-state index in [4.69, 9.17) is 4.74 Å². The van der Waals surface area contributed by atoms with Crippen molar-refractivity contribution in [1.82, 2.24) is 10.3 Å². The minimum absolute atomic E-state index is 0.211. The maximum atomic E-state index is 5.79. The lowest BCUT2D eigenvalue weighted by molar-refractivity contribution is -0.0293. The zero-order valence-electron chi connectivity index (χ0n) is 8.40. The van der Waals surface area contributed by atoms with Crippen molar-refractivity contribution in [1.29, 1.82) is 0 Å². The molecule has 1 aromatic heterocycles. The van der Waals surface area contributed by atoms with Crippen LogP contribution in [0.4, 0.5) is 0 Å². The van der Waals surface area contributed by atoms with Gasteiger partial charge in [0.05, 0.1) is 11.2 Å². The van der Waals surface area contributed by atoms with Crippen molar-refractivity contribution >= 4 is 11.3 Å². The summed E-state index contributed by atoms with van der Waals surface area (Å²) >= 11 is 1.64. The molecule has 1 aromatic rings. The Morgan fingerprint density at radius 2 is 2.64 bits per heavy atom. The van der Waals surface area contributed by atoms with Gasteiger partial charge in [-0.1, -0.05) is 0 Å². The Morgan fingerprint density at radius 1 is 1.71 bits per heavy atom. The third-order valence-electron chi connectivity index (χ3n) is 2.65. The lowest BCUT2D eigenvalue weighted by Gasteiger charge is -2.30. The first-order valence-corrected chi connectivity index (χ1v) is 6.00. The summed E-state index contributed by atoms with van der Waals surface area (Å²) in [7, 11) is 1.99. The average Bonchev–Trinajstić information content (AvgIpc) is 2.72. The van der Waals surface area contributed by atoms with Crippen molar-refractivity contribution in [3.8, 4) is 0 Å². The summed E-state index contributed by atoms with van der Waals surface area (Å²) < 4.78 is 5.79. The Balaban J connectivity index is 2.06. The molecule has 0 aliphatic carbocycles. The average molecular weight is 212 g/mol. The van der Waals surface area contributed by atoms with Gasteiger partial charge in [-0.25, -0.2) is 4.98 Å². The van der Waals surface area contributed by atoms with Crippen molar-refractivity contribution in [3.05, 3.63) is 16.6 Å². The summed E-state index contributed by atoms with van der Waals surface area (Å²) in [6.07, 6.45) is 2.62. The summed E-state index contributed by atoms with van der Waals surface area (Å²) in [6.45, 7) is 1.89. The van der Waals surface area contributed by atoms with Crippen molar-refractivity contribution in [3.63, 3.8) is 0 Å². The van der Waals surface area contributed by atoms with Crippen LogP contribution < -0.4 is 5.32 Å². The van der Waals surface area contributed by atoms with E-state index in [0.717, 1.165) is 18.8 Å². The second kappa shape index (κ2) is 4.87. The molecule has 3 nitrogen and oxygen atoms in total. The second-order valence-corrected chi connectivity index (χ2v) is 4.38. The number of hydrogen-bond donors (Lipinski definition) is 1. The van der Waals surface area contributed by atoms with Crippen molar-refractivity contribution in [2.24, 2.45) is 5.92 Å². The Labute approximate surface area is 88.5 Å². The molecular formula is C10H16N2OS. The van der Waals surface area contributed by atoms with Gasteiger partial charge in [0, 0.05) is 24.4 Å². The highest BCUT2D eigenvalue weighted by atomic mass is 32.1. The molecule has 0 bridgehead atoms. The molecule has 1 aliphatic rings. The van der Waals surface area contributed by atoms with Gasteiger partial charge in [-0.15, -0.1) is 11.3 Å². The van der Waals surface area contributed by atoms with E-state index in [-0.39, 0.29) is 6.10 Å². The van der Waals surface area contributed by atoms with Gasteiger partial charge in [-0.05, 0) is 19.9 Å². The van der Waals surface area contributed by atoms with E-state index < -0.39 is 0 Å². The SMILES string of the molecule is CNCC1CCCOC1c1cscn1. The Hall–Kier alpha value is -0.450. The zero-order valence-corrected chi connectivity index (χ0v) is 9.22. The smallest absolute Gasteiger partial charge is 0.104 e. The highest BCUT2D eigenvalue weighted by Gasteiger charge is 2.27. The normalized spacial score (nSPS) is 27.8. The minimum Gasteiger partial charge on any atom is -0.372 e. The third kappa shape index (κ3) is 2.13. The lowest BCUT2D eigenvalue weighted by atomic mass is 9.92. The van der Waals surface area contributed by atoms with Crippen LogP contribution in [0.2, 0.25) is 0 Å². The standard InChI is InChI=1S/C10H16N2OS/c1-11-5-8-3-2-4-13-10(8)9-6-14-7-12-9/h6-8,10-11H,2-5H2,1H3. The molecule has 0 radical (unpaired) electrons. The Morgan fingerprint density at radius 3 is 3.36 bits per heavy atom. The van der Waals surface area contributed by atoms with Crippen LogP contribution in [0.5, 0.6) is 0 Å². The van der Waals surface area contributed by atoms with Crippen LogP contribution in [0.1, 0.15) is 24.6 Å². The van der Waals surface area contributed by atoms with E-state index in [9.17, 15) is 0 Å². The summed E-state index contributed by atoms with van der Waals surface area (Å²) in [6, 6.07) is 0. The molecule has 1 saturated heterocycles. The van der Waals surface area contributed by atoms with Crippen molar-refractivity contribution in [2.75, 3.05) is 20.2 Å². The molecule has 1 fully saturated rings. The van der Waals surface area contributed by atoms with E-state index in [1.54, 1.807) is 11.3 Å². The number of nitrogens with zero attached hydrogens (tertiary/aromatic N) is 1. The molecule has 14 heavy (non-hydrogen) atoms. The van der Waals surface area contributed by atoms with Gasteiger partial charge < -0.3 is 10.1 Å². The highest BCUT2D eigenvalue weighted by Crippen LogP contribution is 2.32. The monoisotopic (exact) mass is 212 g/mol. The van der Waals surface area contributed by atoms with Crippen molar-refractivity contribution in [2.45, 2.75) is 18.9 Å². The first-order chi connectivity index (χ1) is 6.92. The van der Waals surface area contributed by atoms with Crippen LogP contribution in [-0.4, -0.2) is 25.2 Å². The number of thiazole rings is 1. The molecule has 78 valence electrons. The van der Waals surface area contributed by atoms with E-state index in [0.29, 0.717) is 5.92 Å². The van der Waals surface area contributed by atoms with Crippen LogP contribution in [0.3, 0.4) is 0 Å². The zero-order chi connectivity index (χ0) is 9.80. The molecule has 1 aliphatic heterocycles. The number of ether oxygens (including phenoxy) is 1. The fourth-order valence-electron chi connectivity index (χ4n) is 2.00. The summed E-state index contributed by atoms with van der Waals surface area (Å²) in [5.74, 6) is 0.579. The van der Waals surface area contributed by atoms with Crippen LogP contribution in [0.25, 0.3) is 0 Å². The molecule has 0 amide bonds. The van der Waals surface area contributed by atoms with E-state index in [1.807, 2.05) is 12.6 Å². The summed E-state index contributed by atoms with van der Waals surface area (Å²) in [5, 5.41) is 5.32. The van der Waals surface area contributed by atoms with Gasteiger partial charge >= 0.3 is 0 Å². The molecule has 2 rings (SSSR count). The molecule has 4 heteroatoms. The summed E-state index contributed by atoms with van der Waals surface area (Å²) in [5.41, 5.74) is 2.99.